The van der Waals surface area contributed by atoms with Crippen molar-refractivity contribution in [3.63, 3.8) is 0 Å². The molecule has 0 saturated heterocycles. The van der Waals surface area contributed by atoms with E-state index in [9.17, 15) is 14.0 Å². The van der Waals surface area contributed by atoms with Gasteiger partial charge >= 0.3 is 5.97 Å². The number of nitrogens with one attached hydrogen (secondary N) is 1. The van der Waals surface area contributed by atoms with Crippen molar-refractivity contribution in [3.8, 4) is 11.3 Å². The normalized spacial score (nSPS) is 11.0. The Labute approximate surface area is 181 Å². The lowest BCUT2D eigenvalue weighted by atomic mass is 10.1. The van der Waals surface area contributed by atoms with Crippen LogP contribution in [0, 0.1) is 12.7 Å². The van der Waals surface area contributed by atoms with Crippen molar-refractivity contribution >= 4 is 40.2 Å². The van der Waals surface area contributed by atoms with Gasteiger partial charge in [-0.3, -0.25) is 9.78 Å². The third kappa shape index (κ3) is 3.51. The highest BCUT2D eigenvalue weighted by atomic mass is 35.5. The highest BCUT2D eigenvalue weighted by Gasteiger charge is 2.24. The van der Waals surface area contributed by atoms with Crippen molar-refractivity contribution < 1.29 is 19.1 Å². The van der Waals surface area contributed by atoms with Gasteiger partial charge in [-0.05, 0) is 42.8 Å². The molecule has 7 nitrogen and oxygen atoms in total. The molecule has 156 valence electrons. The fourth-order valence-electron chi connectivity index (χ4n) is 3.32. The van der Waals surface area contributed by atoms with Crippen molar-refractivity contribution in [2.45, 2.75) is 6.92 Å². The van der Waals surface area contributed by atoms with E-state index in [1.165, 1.54) is 18.3 Å². The van der Waals surface area contributed by atoms with Gasteiger partial charge in [0, 0.05) is 12.6 Å². The molecule has 0 radical (unpaired) electrons. The zero-order chi connectivity index (χ0) is 22.3. The number of nitrogens with zero attached hydrogens (tertiary/aromatic N) is 3. The van der Waals surface area contributed by atoms with E-state index in [0.29, 0.717) is 22.3 Å². The van der Waals surface area contributed by atoms with Gasteiger partial charge in [0.1, 0.15) is 17.0 Å². The van der Waals surface area contributed by atoms with E-state index in [-0.39, 0.29) is 27.4 Å². The average molecular weight is 439 g/mol. The van der Waals surface area contributed by atoms with Crippen LogP contribution >= 0.6 is 11.6 Å². The summed E-state index contributed by atoms with van der Waals surface area (Å²) < 4.78 is 15.9. The largest absolute Gasteiger partial charge is 0.478 e. The number of carbonyl (C=O) groups excluding carboxylic acids is 1. The summed E-state index contributed by atoms with van der Waals surface area (Å²) in [5.41, 5.74) is 2.16. The van der Waals surface area contributed by atoms with Crippen LogP contribution in [0.3, 0.4) is 0 Å². The SMILES string of the molecule is CNc1cnc2c(-c3ccc(C(=O)O)cc3F)nn(C(=O)c3c(C)cccc3Cl)c2c1. The maximum absolute atomic E-state index is 14.8. The van der Waals surface area contributed by atoms with E-state index in [0.717, 1.165) is 10.7 Å². The Bertz CT molecular complexity index is 1350. The number of benzene rings is 2. The van der Waals surface area contributed by atoms with Gasteiger partial charge in [-0.1, -0.05) is 23.7 Å². The number of hydrogen-bond acceptors (Lipinski definition) is 5. The third-order valence-corrected chi connectivity index (χ3v) is 5.22. The lowest BCUT2D eigenvalue weighted by molar-refractivity contribution is 0.0696. The standard InChI is InChI=1S/C22H16ClFN4O3/c1-11-4-3-5-15(23)18(11)21(29)28-17-9-13(25-2)10-26-20(17)19(27-28)14-7-6-12(22(30)31)8-16(14)24/h3-10,25H,1-2H3,(H,30,31). The number of carbonyl (C=O) groups is 2. The van der Waals surface area contributed by atoms with Crippen LogP contribution in [-0.4, -0.2) is 38.8 Å². The highest BCUT2D eigenvalue weighted by molar-refractivity contribution is 6.34. The summed E-state index contributed by atoms with van der Waals surface area (Å²) in [7, 11) is 1.70. The Morgan fingerprint density at radius 2 is 1.97 bits per heavy atom. The number of halogens is 2. The number of hydrogen-bond donors (Lipinski definition) is 2. The molecule has 2 heterocycles. The van der Waals surface area contributed by atoms with E-state index in [4.69, 9.17) is 16.7 Å². The predicted octanol–water partition coefficient (Wildman–Crippen LogP) is 4.63. The number of aromatic carboxylic acids is 1. The summed E-state index contributed by atoms with van der Waals surface area (Å²) in [6.07, 6.45) is 1.53. The average Bonchev–Trinajstić information content (AvgIpc) is 3.11. The second-order valence-corrected chi connectivity index (χ2v) is 7.25. The molecule has 0 aliphatic rings. The molecule has 0 unspecified atom stereocenters. The van der Waals surface area contributed by atoms with E-state index >= 15 is 0 Å². The van der Waals surface area contributed by atoms with E-state index in [2.05, 4.69) is 15.4 Å². The van der Waals surface area contributed by atoms with Crippen molar-refractivity contribution in [1.29, 1.82) is 0 Å². The lowest BCUT2D eigenvalue weighted by Crippen LogP contribution is -2.15. The zero-order valence-electron chi connectivity index (χ0n) is 16.5. The van der Waals surface area contributed by atoms with E-state index in [1.807, 2.05) is 0 Å². The van der Waals surface area contributed by atoms with Gasteiger partial charge in [0.05, 0.1) is 33.6 Å². The molecular weight excluding hydrogens is 423 g/mol. The Morgan fingerprint density at radius 1 is 1.19 bits per heavy atom. The summed E-state index contributed by atoms with van der Waals surface area (Å²) in [5.74, 6) is -2.52. The number of aryl methyl sites for hydroxylation is 1. The third-order valence-electron chi connectivity index (χ3n) is 4.91. The monoisotopic (exact) mass is 438 g/mol. The Hall–Kier alpha value is -3.78. The van der Waals surface area contributed by atoms with Crippen LogP contribution in [-0.2, 0) is 0 Å². The minimum atomic E-state index is -1.25. The van der Waals surface area contributed by atoms with Gasteiger partial charge in [0.2, 0.25) is 0 Å². The van der Waals surface area contributed by atoms with E-state index in [1.54, 1.807) is 38.2 Å². The number of fused-ring (bicyclic) bond motifs is 1. The first kappa shape index (κ1) is 20.5. The van der Waals surface area contributed by atoms with Crippen LogP contribution in [0.4, 0.5) is 10.1 Å². The van der Waals surface area contributed by atoms with Crippen molar-refractivity contribution in [3.05, 3.63) is 76.2 Å². The van der Waals surface area contributed by atoms with Gasteiger partial charge in [0.15, 0.2) is 0 Å². The molecule has 0 fully saturated rings. The fourth-order valence-corrected chi connectivity index (χ4v) is 3.62. The molecule has 9 heteroatoms. The number of carboxylic acids is 1. The summed E-state index contributed by atoms with van der Waals surface area (Å²) in [6.45, 7) is 1.76. The molecule has 0 aliphatic carbocycles. The molecule has 2 N–H and O–H groups in total. The molecule has 0 bridgehead atoms. The van der Waals surface area contributed by atoms with Gasteiger partial charge in [-0.15, -0.1) is 0 Å². The predicted molar refractivity (Wildman–Crippen MR) is 115 cm³/mol. The first-order chi connectivity index (χ1) is 14.8. The van der Waals surface area contributed by atoms with Gasteiger partial charge in [0.25, 0.3) is 5.91 Å². The van der Waals surface area contributed by atoms with Crippen LogP contribution < -0.4 is 5.32 Å². The molecule has 0 amide bonds. The Balaban J connectivity index is 1.98. The Kier molecular flexibility index (Phi) is 5.16. The second kappa shape index (κ2) is 7.81. The number of rotatable bonds is 4. The van der Waals surface area contributed by atoms with Crippen LogP contribution in [0.1, 0.15) is 26.3 Å². The minimum absolute atomic E-state index is 0.0298. The van der Waals surface area contributed by atoms with Crippen LogP contribution in [0.25, 0.3) is 22.3 Å². The molecule has 2 aromatic heterocycles. The summed E-state index contributed by atoms with van der Waals surface area (Å²) in [6, 6.07) is 10.3. The lowest BCUT2D eigenvalue weighted by Gasteiger charge is -2.08. The second-order valence-electron chi connectivity index (χ2n) is 6.84. The van der Waals surface area contributed by atoms with Crippen molar-refractivity contribution in [2.24, 2.45) is 0 Å². The molecular formula is C22H16ClFN4O3. The first-order valence-electron chi connectivity index (χ1n) is 9.21. The molecule has 2 aromatic carbocycles. The number of aromatic nitrogens is 3. The zero-order valence-corrected chi connectivity index (χ0v) is 17.2. The maximum Gasteiger partial charge on any atom is 0.335 e. The van der Waals surface area contributed by atoms with E-state index < -0.39 is 17.7 Å². The molecule has 4 rings (SSSR count). The molecule has 31 heavy (non-hydrogen) atoms. The summed E-state index contributed by atoms with van der Waals surface area (Å²) in [5, 5.41) is 16.7. The minimum Gasteiger partial charge on any atom is -0.478 e. The van der Waals surface area contributed by atoms with Crippen LogP contribution in [0.2, 0.25) is 5.02 Å². The van der Waals surface area contributed by atoms with Gasteiger partial charge in [-0.25, -0.2) is 9.18 Å². The number of carboxylic acid groups (broad SMARTS) is 1. The van der Waals surface area contributed by atoms with Gasteiger partial charge < -0.3 is 10.4 Å². The topological polar surface area (TPSA) is 97.1 Å². The molecule has 0 saturated carbocycles. The highest BCUT2D eigenvalue weighted by Crippen LogP contribution is 2.31. The Morgan fingerprint density at radius 3 is 2.61 bits per heavy atom. The van der Waals surface area contributed by atoms with Gasteiger partial charge in [-0.2, -0.15) is 9.78 Å². The molecule has 0 aliphatic heterocycles. The van der Waals surface area contributed by atoms with Crippen LogP contribution in [0.15, 0.2) is 48.7 Å². The molecule has 0 atom stereocenters. The summed E-state index contributed by atoms with van der Waals surface area (Å²) in [4.78, 5) is 28.9. The van der Waals surface area contributed by atoms with Crippen LogP contribution in [0.5, 0.6) is 0 Å². The first-order valence-corrected chi connectivity index (χ1v) is 9.59. The van der Waals surface area contributed by atoms with Crippen molar-refractivity contribution in [2.75, 3.05) is 12.4 Å². The molecule has 4 aromatic rings. The quantitative estimate of drug-likeness (QED) is 0.482. The summed E-state index contributed by atoms with van der Waals surface area (Å²) >= 11 is 6.27. The molecule has 0 spiro atoms. The smallest absolute Gasteiger partial charge is 0.335 e. The maximum atomic E-state index is 14.8. The number of pyridine rings is 1. The fraction of sp³-hybridized carbons (Fsp3) is 0.0909. The number of anilines is 1. The van der Waals surface area contributed by atoms with Crippen molar-refractivity contribution in [1.82, 2.24) is 14.8 Å².